The molecule has 4 N–H and O–H groups in total. The summed E-state index contributed by atoms with van der Waals surface area (Å²) in [5, 5.41) is 13.0. The fourth-order valence-electron chi connectivity index (χ4n) is 2.42. The van der Waals surface area contributed by atoms with Crippen LogP contribution < -0.4 is 11.1 Å². The molecule has 0 saturated heterocycles. The van der Waals surface area contributed by atoms with Crippen molar-refractivity contribution in [2.75, 3.05) is 18.6 Å². The molecule has 1 saturated carbocycles. The molecule has 0 radical (unpaired) electrons. The molecule has 20 heavy (non-hydrogen) atoms. The van der Waals surface area contributed by atoms with E-state index in [2.05, 4.69) is 5.32 Å². The highest BCUT2D eigenvalue weighted by atomic mass is 32.2. The summed E-state index contributed by atoms with van der Waals surface area (Å²) < 4.78 is 22.1. The lowest BCUT2D eigenvalue weighted by atomic mass is 9.94. The molecule has 1 amide bonds. The second kappa shape index (κ2) is 7.38. The van der Waals surface area contributed by atoms with Crippen molar-refractivity contribution in [3.8, 4) is 0 Å². The quantitative estimate of drug-likeness (QED) is 0.596. The molecule has 0 aromatic heterocycles. The number of hydrogen-bond donors (Lipinski definition) is 3. The Morgan fingerprint density at radius 2 is 1.85 bits per heavy atom. The van der Waals surface area contributed by atoms with Crippen LogP contribution in [0.25, 0.3) is 0 Å². The molecule has 0 spiro atoms. The molecule has 0 bridgehead atoms. The minimum atomic E-state index is -3.11. The first-order valence-electron chi connectivity index (χ1n) is 7.15. The van der Waals surface area contributed by atoms with E-state index in [9.17, 15) is 18.3 Å². The van der Waals surface area contributed by atoms with Gasteiger partial charge in [-0.25, -0.2) is 8.42 Å². The standard InChI is InChI=1S/C13H26N2O4S/c1-20(18,19)9-6-11(14)12(16)15-10-13(17)7-4-2-3-5-8-13/h11,17H,2-10,14H2,1H3,(H,15,16). The molecule has 1 aliphatic carbocycles. The van der Waals surface area contributed by atoms with Gasteiger partial charge in [-0.05, 0) is 19.3 Å². The molecule has 0 heterocycles. The van der Waals surface area contributed by atoms with Gasteiger partial charge in [-0.15, -0.1) is 0 Å². The predicted octanol–water partition coefficient (Wildman–Crippen LogP) is -0.0501. The van der Waals surface area contributed by atoms with E-state index in [4.69, 9.17) is 5.73 Å². The van der Waals surface area contributed by atoms with Gasteiger partial charge in [0.15, 0.2) is 0 Å². The van der Waals surface area contributed by atoms with Crippen LogP contribution in [-0.4, -0.2) is 49.6 Å². The van der Waals surface area contributed by atoms with Gasteiger partial charge in [0.2, 0.25) is 5.91 Å². The second-order valence-corrected chi connectivity index (χ2v) is 8.14. The van der Waals surface area contributed by atoms with Gasteiger partial charge in [0.05, 0.1) is 17.4 Å². The number of carbonyl (C=O) groups excluding carboxylic acids is 1. The van der Waals surface area contributed by atoms with Crippen molar-refractivity contribution in [1.82, 2.24) is 5.32 Å². The van der Waals surface area contributed by atoms with Crippen molar-refractivity contribution in [2.24, 2.45) is 5.73 Å². The zero-order chi connectivity index (χ0) is 15.2. The van der Waals surface area contributed by atoms with Gasteiger partial charge in [-0.1, -0.05) is 25.7 Å². The Balaban J connectivity index is 2.37. The van der Waals surface area contributed by atoms with Crippen LogP contribution in [0.2, 0.25) is 0 Å². The van der Waals surface area contributed by atoms with Crippen molar-refractivity contribution in [3.63, 3.8) is 0 Å². The van der Waals surface area contributed by atoms with E-state index in [1.165, 1.54) is 0 Å². The Hall–Kier alpha value is -0.660. The van der Waals surface area contributed by atoms with Crippen LogP contribution in [0, 0.1) is 0 Å². The number of nitrogens with one attached hydrogen (secondary N) is 1. The maximum atomic E-state index is 11.8. The number of amides is 1. The van der Waals surface area contributed by atoms with Gasteiger partial charge < -0.3 is 16.2 Å². The molecule has 1 unspecified atom stereocenters. The van der Waals surface area contributed by atoms with E-state index in [1.807, 2.05) is 0 Å². The summed E-state index contributed by atoms with van der Waals surface area (Å²) in [6.45, 7) is 0.193. The van der Waals surface area contributed by atoms with Crippen molar-refractivity contribution < 1.29 is 18.3 Å². The molecule has 1 rings (SSSR count). The first-order valence-corrected chi connectivity index (χ1v) is 9.21. The summed E-state index contributed by atoms with van der Waals surface area (Å²) in [6, 6.07) is -0.848. The van der Waals surface area contributed by atoms with Gasteiger partial charge in [0.25, 0.3) is 0 Å². The Morgan fingerprint density at radius 3 is 2.35 bits per heavy atom. The van der Waals surface area contributed by atoms with Crippen LogP contribution in [0.15, 0.2) is 0 Å². The SMILES string of the molecule is CS(=O)(=O)CCC(N)C(=O)NCC1(O)CCCCCC1. The minimum Gasteiger partial charge on any atom is -0.388 e. The highest BCUT2D eigenvalue weighted by Gasteiger charge is 2.29. The average Bonchev–Trinajstić information content (AvgIpc) is 2.57. The number of sulfone groups is 1. The topological polar surface area (TPSA) is 109 Å². The van der Waals surface area contributed by atoms with Crippen molar-refractivity contribution >= 4 is 15.7 Å². The predicted molar refractivity (Wildman–Crippen MR) is 78.0 cm³/mol. The summed E-state index contributed by atoms with van der Waals surface area (Å²) in [7, 11) is -3.11. The molecule has 1 atom stereocenters. The third-order valence-corrected chi connectivity index (χ3v) is 4.74. The van der Waals surface area contributed by atoms with Crippen LogP contribution in [0.1, 0.15) is 44.9 Å². The lowest BCUT2D eigenvalue weighted by Crippen LogP contribution is -2.48. The highest BCUT2D eigenvalue weighted by molar-refractivity contribution is 7.90. The number of nitrogens with two attached hydrogens (primary N) is 1. The van der Waals surface area contributed by atoms with Crippen LogP contribution in [-0.2, 0) is 14.6 Å². The van der Waals surface area contributed by atoms with Crippen LogP contribution >= 0.6 is 0 Å². The van der Waals surface area contributed by atoms with Crippen molar-refractivity contribution in [1.29, 1.82) is 0 Å². The second-order valence-electron chi connectivity index (χ2n) is 5.88. The summed E-state index contributed by atoms with van der Waals surface area (Å²) in [4.78, 5) is 11.8. The van der Waals surface area contributed by atoms with Gasteiger partial charge in [0, 0.05) is 12.8 Å². The van der Waals surface area contributed by atoms with Crippen molar-refractivity contribution in [3.05, 3.63) is 0 Å². The average molecular weight is 306 g/mol. The summed E-state index contributed by atoms with van der Waals surface area (Å²) in [6.07, 6.45) is 6.75. The van der Waals surface area contributed by atoms with Crippen LogP contribution in [0.5, 0.6) is 0 Å². The summed E-state index contributed by atoms with van der Waals surface area (Å²) in [5.74, 6) is -0.502. The summed E-state index contributed by atoms with van der Waals surface area (Å²) in [5.41, 5.74) is 4.81. The van der Waals surface area contributed by atoms with Crippen molar-refractivity contribution in [2.45, 2.75) is 56.6 Å². The smallest absolute Gasteiger partial charge is 0.237 e. The van der Waals surface area contributed by atoms with Gasteiger partial charge in [-0.3, -0.25) is 4.79 Å². The molecule has 0 aromatic rings. The van der Waals surface area contributed by atoms with Gasteiger partial charge in [-0.2, -0.15) is 0 Å². The van der Waals surface area contributed by atoms with E-state index in [0.717, 1.165) is 31.9 Å². The molecule has 0 aromatic carbocycles. The first-order chi connectivity index (χ1) is 9.22. The van der Waals surface area contributed by atoms with E-state index in [-0.39, 0.29) is 18.7 Å². The largest absolute Gasteiger partial charge is 0.388 e. The Morgan fingerprint density at radius 1 is 1.30 bits per heavy atom. The lowest BCUT2D eigenvalue weighted by Gasteiger charge is -2.27. The maximum Gasteiger partial charge on any atom is 0.237 e. The first kappa shape index (κ1) is 17.4. The normalized spacial score (nSPS) is 20.9. The van der Waals surface area contributed by atoms with Crippen LogP contribution in [0.4, 0.5) is 0 Å². The number of rotatable bonds is 6. The van der Waals surface area contributed by atoms with Gasteiger partial charge >= 0.3 is 0 Å². The van der Waals surface area contributed by atoms with Crippen LogP contribution in [0.3, 0.4) is 0 Å². The Bertz CT molecular complexity index is 414. The molecule has 7 heteroatoms. The molecular weight excluding hydrogens is 280 g/mol. The Labute approximate surface area is 121 Å². The van der Waals surface area contributed by atoms with E-state index in [1.54, 1.807) is 0 Å². The fourth-order valence-corrected chi connectivity index (χ4v) is 3.10. The van der Waals surface area contributed by atoms with E-state index >= 15 is 0 Å². The lowest BCUT2D eigenvalue weighted by molar-refractivity contribution is -0.123. The molecule has 0 aliphatic heterocycles. The maximum absolute atomic E-state index is 11.8. The molecule has 1 fully saturated rings. The monoisotopic (exact) mass is 306 g/mol. The third kappa shape index (κ3) is 6.67. The van der Waals surface area contributed by atoms with Gasteiger partial charge in [0.1, 0.15) is 9.84 Å². The molecular formula is C13H26N2O4S. The molecule has 118 valence electrons. The fraction of sp³-hybridized carbons (Fsp3) is 0.923. The Kier molecular flexibility index (Phi) is 6.42. The number of hydrogen-bond acceptors (Lipinski definition) is 5. The minimum absolute atomic E-state index is 0.100. The zero-order valence-electron chi connectivity index (χ0n) is 12.1. The van der Waals surface area contributed by atoms with E-state index < -0.39 is 27.4 Å². The third-order valence-electron chi connectivity index (χ3n) is 3.76. The zero-order valence-corrected chi connectivity index (χ0v) is 12.9. The number of carbonyl (C=O) groups is 1. The summed E-state index contributed by atoms with van der Waals surface area (Å²) >= 11 is 0. The number of aliphatic hydroxyl groups is 1. The molecule has 1 aliphatic rings. The molecule has 6 nitrogen and oxygen atoms in total. The van der Waals surface area contributed by atoms with E-state index in [0.29, 0.717) is 12.8 Å². The highest BCUT2D eigenvalue weighted by Crippen LogP contribution is 2.26.